The lowest BCUT2D eigenvalue weighted by atomic mass is 9.83. The highest BCUT2D eigenvalue weighted by Gasteiger charge is 2.35. The normalized spacial score (nSPS) is 16.7. The number of nitrogens with zero attached hydrogens (tertiary/aromatic N) is 2. The van der Waals surface area contributed by atoms with E-state index in [1.165, 1.54) is 14.2 Å². The van der Waals surface area contributed by atoms with Crippen LogP contribution in [0.3, 0.4) is 0 Å². The third-order valence-electron chi connectivity index (χ3n) is 8.36. The van der Waals surface area contributed by atoms with Gasteiger partial charge in [0.1, 0.15) is 17.2 Å². The van der Waals surface area contributed by atoms with Crippen LogP contribution in [-0.4, -0.2) is 50.3 Å². The number of carbonyl (C=O) groups excluding carboxylic acids is 2. The van der Waals surface area contributed by atoms with Crippen LogP contribution in [0.5, 0.6) is 17.2 Å². The Morgan fingerprint density at radius 3 is 2.24 bits per heavy atom. The minimum atomic E-state index is -0.369. The van der Waals surface area contributed by atoms with Crippen LogP contribution in [0.4, 0.5) is 17.1 Å². The molecule has 4 aromatic rings. The van der Waals surface area contributed by atoms with Gasteiger partial charge in [0.15, 0.2) is 0 Å². The van der Waals surface area contributed by atoms with E-state index in [4.69, 9.17) is 14.2 Å². The van der Waals surface area contributed by atoms with E-state index in [9.17, 15) is 14.4 Å². The highest BCUT2D eigenvalue weighted by molar-refractivity contribution is 6.09. The van der Waals surface area contributed by atoms with Crippen LogP contribution >= 0.6 is 0 Å². The summed E-state index contributed by atoms with van der Waals surface area (Å²) in [5, 5.41) is 5.99. The van der Waals surface area contributed by atoms with Gasteiger partial charge in [0.2, 0.25) is 0 Å². The molecule has 2 unspecified atom stereocenters. The van der Waals surface area contributed by atoms with Crippen molar-refractivity contribution in [2.75, 3.05) is 49.4 Å². The van der Waals surface area contributed by atoms with Crippen molar-refractivity contribution in [1.29, 1.82) is 0 Å². The maximum Gasteiger partial charge on any atom is 0.255 e. The Morgan fingerprint density at radius 2 is 1.53 bits per heavy atom. The van der Waals surface area contributed by atoms with Crippen molar-refractivity contribution in [3.63, 3.8) is 0 Å². The lowest BCUT2D eigenvalue weighted by molar-refractivity contribution is 0.101. The van der Waals surface area contributed by atoms with Gasteiger partial charge < -0.3 is 34.3 Å². The number of amides is 2. The molecule has 45 heavy (non-hydrogen) atoms. The van der Waals surface area contributed by atoms with Crippen LogP contribution in [0, 0.1) is 5.92 Å². The molecule has 1 fully saturated rings. The van der Waals surface area contributed by atoms with Crippen molar-refractivity contribution in [3.05, 3.63) is 106 Å². The third kappa shape index (κ3) is 6.35. The number of ether oxygens (including phenoxy) is 3. The van der Waals surface area contributed by atoms with E-state index in [0.717, 1.165) is 23.6 Å². The Kier molecular flexibility index (Phi) is 8.46. The molecule has 10 heteroatoms. The summed E-state index contributed by atoms with van der Waals surface area (Å²) in [6.45, 7) is 4.50. The molecule has 2 amide bonds. The van der Waals surface area contributed by atoms with Gasteiger partial charge in [0.05, 0.1) is 32.2 Å². The number of rotatable bonds is 9. The first-order valence-corrected chi connectivity index (χ1v) is 15.0. The van der Waals surface area contributed by atoms with Gasteiger partial charge in [-0.25, -0.2) is 0 Å². The van der Waals surface area contributed by atoms with Gasteiger partial charge in [-0.3, -0.25) is 14.4 Å². The fourth-order valence-electron chi connectivity index (χ4n) is 6.28. The summed E-state index contributed by atoms with van der Waals surface area (Å²) < 4.78 is 18.1. The molecule has 2 atom stereocenters. The summed E-state index contributed by atoms with van der Waals surface area (Å²) in [6.07, 6.45) is 0.994. The minimum Gasteiger partial charge on any atom is -0.497 e. The maximum absolute atomic E-state index is 13.6. The van der Waals surface area contributed by atoms with Crippen molar-refractivity contribution in [3.8, 4) is 17.2 Å². The van der Waals surface area contributed by atoms with E-state index < -0.39 is 0 Å². The summed E-state index contributed by atoms with van der Waals surface area (Å²) in [5.41, 5.74) is 3.73. The molecule has 0 spiro atoms. The molecule has 0 radical (unpaired) electrons. The Labute approximate surface area is 261 Å². The number of pyridine rings is 1. The second-order valence-corrected chi connectivity index (χ2v) is 11.3. The number of aromatic nitrogens is 1. The van der Waals surface area contributed by atoms with Gasteiger partial charge in [-0.1, -0.05) is 6.07 Å². The second-order valence-electron chi connectivity index (χ2n) is 11.3. The van der Waals surface area contributed by atoms with E-state index in [1.807, 2.05) is 29.7 Å². The molecule has 2 aliphatic rings. The highest BCUT2D eigenvalue weighted by Crippen LogP contribution is 2.39. The van der Waals surface area contributed by atoms with Crippen LogP contribution < -0.4 is 35.3 Å². The highest BCUT2D eigenvalue weighted by atomic mass is 16.5. The standard InChI is InChI=1S/C35H36N4O6/c1-4-45-27-11-9-26(10-12-27)36-34(41)23-8-13-32(30(17-23)37-35(42)24-15-28(43-2)18-29(16-24)44-3)38-19-22-14-25(21-38)31-6-5-7-33(40)39(31)20-22/h5-13,15-18,22,25H,4,14,19-21H2,1-3H3,(H,36,41)(H,37,42). The first-order valence-electron chi connectivity index (χ1n) is 15.0. The predicted octanol–water partition coefficient (Wildman–Crippen LogP) is 5.39. The molecular weight excluding hydrogens is 572 g/mol. The molecule has 10 nitrogen and oxygen atoms in total. The van der Waals surface area contributed by atoms with Crippen molar-refractivity contribution in [2.24, 2.45) is 5.92 Å². The molecule has 2 N–H and O–H groups in total. The topological polar surface area (TPSA) is 111 Å². The average molecular weight is 609 g/mol. The SMILES string of the molecule is CCOc1ccc(NC(=O)c2ccc(N3CC4CC(C3)c3cccc(=O)n3C4)c(NC(=O)c3cc(OC)cc(OC)c3)c2)cc1. The van der Waals surface area contributed by atoms with Crippen LogP contribution in [-0.2, 0) is 6.54 Å². The zero-order valence-electron chi connectivity index (χ0n) is 25.5. The summed E-state index contributed by atoms with van der Waals surface area (Å²) in [6, 6.07) is 23.0. The summed E-state index contributed by atoms with van der Waals surface area (Å²) in [5.74, 6) is 1.45. The number of anilines is 3. The molecule has 1 aromatic heterocycles. The Hall–Kier alpha value is -5.25. The van der Waals surface area contributed by atoms with Crippen molar-refractivity contribution in [1.82, 2.24) is 4.57 Å². The van der Waals surface area contributed by atoms with Gasteiger partial charge in [0.25, 0.3) is 17.4 Å². The Bertz CT molecular complexity index is 1760. The monoisotopic (exact) mass is 608 g/mol. The lowest BCUT2D eigenvalue weighted by Gasteiger charge is -2.44. The van der Waals surface area contributed by atoms with E-state index in [1.54, 1.807) is 60.7 Å². The number of fused-ring (bicyclic) bond motifs is 4. The molecule has 3 heterocycles. The summed E-state index contributed by atoms with van der Waals surface area (Å²) >= 11 is 0. The van der Waals surface area contributed by atoms with Crippen LogP contribution in [0.15, 0.2) is 83.7 Å². The Balaban J connectivity index is 1.32. The van der Waals surface area contributed by atoms with Gasteiger partial charge in [-0.15, -0.1) is 0 Å². The molecule has 0 saturated carbocycles. The molecule has 232 valence electrons. The van der Waals surface area contributed by atoms with Crippen molar-refractivity contribution in [2.45, 2.75) is 25.8 Å². The van der Waals surface area contributed by atoms with Crippen molar-refractivity contribution < 1.29 is 23.8 Å². The zero-order valence-corrected chi connectivity index (χ0v) is 25.5. The smallest absolute Gasteiger partial charge is 0.255 e. The van der Waals surface area contributed by atoms with Crippen LogP contribution in [0.25, 0.3) is 0 Å². The third-order valence-corrected chi connectivity index (χ3v) is 8.36. The number of carbonyl (C=O) groups is 2. The van der Waals surface area contributed by atoms with Gasteiger partial charge >= 0.3 is 0 Å². The number of hydrogen-bond donors (Lipinski definition) is 2. The fraction of sp³-hybridized carbons (Fsp3) is 0.286. The van der Waals surface area contributed by atoms with Gasteiger partial charge in [-0.05, 0) is 79.9 Å². The van der Waals surface area contributed by atoms with Crippen LogP contribution in [0.1, 0.15) is 45.7 Å². The quantitative estimate of drug-likeness (QED) is 0.262. The fourth-order valence-corrected chi connectivity index (χ4v) is 6.28. The second kappa shape index (κ2) is 12.8. The number of piperidine rings is 1. The summed E-state index contributed by atoms with van der Waals surface area (Å²) in [4.78, 5) is 41.8. The first kappa shape index (κ1) is 29.8. The van der Waals surface area contributed by atoms with Gasteiger partial charge in [-0.2, -0.15) is 0 Å². The molecule has 0 aliphatic carbocycles. The molecule has 3 aromatic carbocycles. The van der Waals surface area contributed by atoms with Crippen molar-refractivity contribution >= 4 is 28.9 Å². The molecule has 6 rings (SSSR count). The predicted molar refractivity (Wildman–Crippen MR) is 173 cm³/mol. The van der Waals surface area contributed by atoms with E-state index in [0.29, 0.717) is 60.2 Å². The maximum atomic E-state index is 13.6. The number of methoxy groups -OCH3 is 2. The van der Waals surface area contributed by atoms with Crippen LogP contribution in [0.2, 0.25) is 0 Å². The minimum absolute atomic E-state index is 0.0280. The lowest BCUT2D eigenvalue weighted by Crippen LogP contribution is -2.47. The average Bonchev–Trinajstić information content (AvgIpc) is 3.05. The Morgan fingerprint density at radius 1 is 0.800 bits per heavy atom. The number of nitrogens with one attached hydrogen (secondary N) is 2. The van der Waals surface area contributed by atoms with E-state index in [2.05, 4.69) is 15.5 Å². The van der Waals surface area contributed by atoms with E-state index in [-0.39, 0.29) is 29.2 Å². The van der Waals surface area contributed by atoms with Gasteiger partial charge in [0, 0.05) is 60.2 Å². The summed E-state index contributed by atoms with van der Waals surface area (Å²) in [7, 11) is 3.06. The molecule has 2 aliphatic heterocycles. The molecule has 2 bridgehead atoms. The largest absolute Gasteiger partial charge is 0.497 e. The number of hydrogen-bond acceptors (Lipinski definition) is 7. The van der Waals surface area contributed by atoms with E-state index >= 15 is 0 Å². The first-order chi connectivity index (χ1) is 21.8. The number of benzene rings is 3. The molecular formula is C35H36N4O6. The zero-order chi connectivity index (χ0) is 31.5. The molecule has 1 saturated heterocycles.